The molecule has 0 saturated heterocycles. The molecule has 23 heavy (non-hydrogen) atoms. The quantitative estimate of drug-likeness (QED) is 0.888. The first-order valence-electron chi connectivity index (χ1n) is 7.00. The molecule has 0 bridgehead atoms. The molecule has 2 rings (SSSR count). The summed E-state index contributed by atoms with van der Waals surface area (Å²) < 4.78 is 36.4. The van der Waals surface area contributed by atoms with Crippen LogP contribution in [-0.2, 0) is 4.79 Å². The van der Waals surface area contributed by atoms with Crippen LogP contribution in [0.1, 0.15) is 18.5 Å². The van der Waals surface area contributed by atoms with Crippen LogP contribution in [0.5, 0.6) is 11.5 Å². The fourth-order valence-corrected chi connectivity index (χ4v) is 1.97. The molecule has 1 amide bonds. The topological polar surface area (TPSA) is 47.6 Å². The van der Waals surface area contributed by atoms with E-state index in [1.54, 1.807) is 38.3 Å². The molecule has 0 aliphatic carbocycles. The van der Waals surface area contributed by atoms with Crippen molar-refractivity contribution in [2.24, 2.45) is 0 Å². The molecular formula is C17H17F2NO3. The predicted molar refractivity (Wildman–Crippen MR) is 81.4 cm³/mol. The summed E-state index contributed by atoms with van der Waals surface area (Å²) in [5.74, 6) is -1.01. The Kier molecular flexibility index (Phi) is 5.51. The van der Waals surface area contributed by atoms with E-state index in [0.717, 1.165) is 12.1 Å². The van der Waals surface area contributed by atoms with E-state index in [9.17, 15) is 13.6 Å². The summed E-state index contributed by atoms with van der Waals surface area (Å²) in [6.45, 7) is 1.50. The maximum absolute atomic E-state index is 13.2. The first kappa shape index (κ1) is 16.7. The second kappa shape index (κ2) is 7.58. The van der Waals surface area contributed by atoms with Crippen molar-refractivity contribution in [1.29, 1.82) is 0 Å². The number of hydrogen-bond donors (Lipinski definition) is 1. The molecule has 0 fully saturated rings. The molecule has 0 radical (unpaired) electrons. The zero-order valence-corrected chi connectivity index (χ0v) is 12.8. The molecule has 1 N–H and O–H groups in total. The van der Waals surface area contributed by atoms with Crippen molar-refractivity contribution in [1.82, 2.24) is 5.32 Å². The highest BCUT2D eigenvalue weighted by Crippen LogP contribution is 2.18. The summed E-state index contributed by atoms with van der Waals surface area (Å²) in [6, 6.07) is 9.86. The maximum atomic E-state index is 13.2. The molecule has 0 heterocycles. The average Bonchev–Trinajstić information content (AvgIpc) is 2.55. The number of ether oxygens (including phenoxy) is 2. The molecule has 2 aromatic rings. The molecule has 0 aromatic heterocycles. The summed E-state index contributed by atoms with van der Waals surface area (Å²) in [7, 11) is 1.56. The minimum atomic E-state index is -0.946. The van der Waals surface area contributed by atoms with E-state index in [-0.39, 0.29) is 12.5 Å². The Morgan fingerprint density at radius 1 is 1.09 bits per heavy atom. The van der Waals surface area contributed by atoms with Gasteiger partial charge in [0.2, 0.25) is 0 Å². The van der Waals surface area contributed by atoms with Gasteiger partial charge >= 0.3 is 0 Å². The van der Waals surface area contributed by atoms with Crippen molar-refractivity contribution in [3.63, 3.8) is 0 Å². The first-order valence-corrected chi connectivity index (χ1v) is 7.00. The predicted octanol–water partition coefficient (Wildman–Crippen LogP) is 3.23. The van der Waals surface area contributed by atoms with E-state index in [4.69, 9.17) is 9.47 Å². The molecule has 0 aliphatic rings. The average molecular weight is 321 g/mol. The van der Waals surface area contributed by atoms with Crippen LogP contribution in [0.15, 0.2) is 42.5 Å². The van der Waals surface area contributed by atoms with Gasteiger partial charge in [0.1, 0.15) is 11.5 Å². The fraction of sp³-hybridized carbons (Fsp3) is 0.235. The van der Waals surface area contributed by atoms with Crippen molar-refractivity contribution in [3.05, 3.63) is 59.7 Å². The molecule has 0 aliphatic heterocycles. The Morgan fingerprint density at radius 3 is 2.35 bits per heavy atom. The zero-order valence-electron chi connectivity index (χ0n) is 12.8. The van der Waals surface area contributed by atoms with Gasteiger partial charge in [0.05, 0.1) is 13.2 Å². The van der Waals surface area contributed by atoms with Gasteiger partial charge in [-0.2, -0.15) is 0 Å². The van der Waals surface area contributed by atoms with Crippen LogP contribution in [-0.4, -0.2) is 19.6 Å². The van der Waals surface area contributed by atoms with E-state index in [2.05, 4.69) is 5.32 Å². The molecule has 0 spiro atoms. The van der Waals surface area contributed by atoms with Crippen LogP contribution in [0.25, 0.3) is 0 Å². The number of nitrogens with one attached hydrogen (secondary N) is 1. The van der Waals surface area contributed by atoms with E-state index < -0.39 is 17.7 Å². The largest absolute Gasteiger partial charge is 0.497 e. The van der Waals surface area contributed by atoms with E-state index >= 15 is 0 Å². The van der Waals surface area contributed by atoms with Crippen LogP contribution in [0.4, 0.5) is 8.78 Å². The van der Waals surface area contributed by atoms with Crippen molar-refractivity contribution in [3.8, 4) is 11.5 Å². The standard InChI is InChI=1S/C17H17F2NO3/c1-11(12-3-8-15(18)16(19)9-12)20-17(21)10-23-14-6-4-13(22-2)5-7-14/h3-9,11H,10H2,1-2H3,(H,20,21). The number of amides is 1. The van der Waals surface area contributed by atoms with Crippen LogP contribution < -0.4 is 14.8 Å². The smallest absolute Gasteiger partial charge is 0.258 e. The Labute approximate surface area is 133 Å². The molecule has 1 unspecified atom stereocenters. The highest BCUT2D eigenvalue weighted by molar-refractivity contribution is 5.78. The number of carbonyl (C=O) groups excluding carboxylic acids is 1. The van der Waals surface area contributed by atoms with Gasteiger partial charge in [0, 0.05) is 0 Å². The van der Waals surface area contributed by atoms with Gasteiger partial charge < -0.3 is 14.8 Å². The first-order chi connectivity index (χ1) is 11.0. The summed E-state index contributed by atoms with van der Waals surface area (Å²) in [6.07, 6.45) is 0. The number of halogens is 2. The summed E-state index contributed by atoms with van der Waals surface area (Å²) in [4.78, 5) is 11.8. The zero-order chi connectivity index (χ0) is 16.8. The summed E-state index contributed by atoms with van der Waals surface area (Å²) >= 11 is 0. The monoisotopic (exact) mass is 321 g/mol. The van der Waals surface area contributed by atoms with Gasteiger partial charge in [0.25, 0.3) is 5.91 Å². The number of benzene rings is 2. The number of carbonyl (C=O) groups is 1. The minimum absolute atomic E-state index is 0.180. The summed E-state index contributed by atoms with van der Waals surface area (Å²) in [5.41, 5.74) is 0.474. The Bertz CT molecular complexity index is 674. The fourth-order valence-electron chi connectivity index (χ4n) is 1.97. The minimum Gasteiger partial charge on any atom is -0.497 e. The normalized spacial score (nSPS) is 11.7. The molecular weight excluding hydrogens is 304 g/mol. The highest BCUT2D eigenvalue weighted by Gasteiger charge is 2.12. The lowest BCUT2D eigenvalue weighted by molar-refractivity contribution is -0.123. The van der Waals surface area contributed by atoms with Gasteiger partial charge in [-0.05, 0) is 48.9 Å². The van der Waals surface area contributed by atoms with Gasteiger partial charge in [0.15, 0.2) is 18.2 Å². The van der Waals surface area contributed by atoms with E-state index in [1.165, 1.54) is 6.07 Å². The van der Waals surface area contributed by atoms with Gasteiger partial charge in [-0.3, -0.25) is 4.79 Å². The lowest BCUT2D eigenvalue weighted by Gasteiger charge is -2.15. The van der Waals surface area contributed by atoms with Crippen LogP contribution in [0.3, 0.4) is 0 Å². The van der Waals surface area contributed by atoms with Crippen LogP contribution in [0.2, 0.25) is 0 Å². The molecule has 122 valence electrons. The third-order valence-electron chi connectivity index (χ3n) is 3.25. The van der Waals surface area contributed by atoms with Crippen molar-refractivity contribution in [2.45, 2.75) is 13.0 Å². The van der Waals surface area contributed by atoms with Gasteiger partial charge in [-0.25, -0.2) is 8.78 Å². The SMILES string of the molecule is COc1ccc(OCC(=O)NC(C)c2ccc(F)c(F)c2)cc1. The number of rotatable bonds is 6. The van der Waals surface area contributed by atoms with Gasteiger partial charge in [-0.1, -0.05) is 6.07 Å². The van der Waals surface area contributed by atoms with Crippen molar-refractivity contribution < 1.29 is 23.0 Å². The Hall–Kier alpha value is -2.63. The number of hydrogen-bond acceptors (Lipinski definition) is 3. The van der Waals surface area contributed by atoms with E-state index in [0.29, 0.717) is 17.1 Å². The van der Waals surface area contributed by atoms with Crippen molar-refractivity contribution >= 4 is 5.91 Å². The molecule has 4 nitrogen and oxygen atoms in total. The second-order valence-corrected chi connectivity index (χ2v) is 4.93. The lowest BCUT2D eigenvalue weighted by Crippen LogP contribution is -2.31. The second-order valence-electron chi connectivity index (χ2n) is 4.93. The lowest BCUT2D eigenvalue weighted by atomic mass is 10.1. The van der Waals surface area contributed by atoms with Crippen LogP contribution >= 0.6 is 0 Å². The van der Waals surface area contributed by atoms with Crippen molar-refractivity contribution in [2.75, 3.05) is 13.7 Å². The Balaban J connectivity index is 1.86. The maximum Gasteiger partial charge on any atom is 0.258 e. The third kappa shape index (κ3) is 4.67. The third-order valence-corrected chi connectivity index (χ3v) is 3.25. The molecule has 1 atom stereocenters. The molecule has 6 heteroatoms. The van der Waals surface area contributed by atoms with Crippen LogP contribution in [0, 0.1) is 11.6 Å². The van der Waals surface area contributed by atoms with Gasteiger partial charge in [-0.15, -0.1) is 0 Å². The molecule has 0 saturated carbocycles. The molecule has 2 aromatic carbocycles. The highest BCUT2D eigenvalue weighted by atomic mass is 19.2. The van der Waals surface area contributed by atoms with E-state index in [1.807, 2.05) is 0 Å². The number of methoxy groups -OCH3 is 1. The summed E-state index contributed by atoms with van der Waals surface area (Å²) in [5, 5.41) is 2.66. The Morgan fingerprint density at radius 2 is 1.74 bits per heavy atom.